The van der Waals surface area contributed by atoms with Crippen molar-refractivity contribution in [1.82, 2.24) is 14.8 Å². The Bertz CT molecular complexity index is 958. The summed E-state index contributed by atoms with van der Waals surface area (Å²) in [6, 6.07) is 18.0. The monoisotopic (exact) mass is 397 g/mol. The van der Waals surface area contributed by atoms with Gasteiger partial charge in [-0.1, -0.05) is 54.1 Å². The van der Waals surface area contributed by atoms with E-state index >= 15 is 0 Å². The highest BCUT2D eigenvalue weighted by Gasteiger charge is 2.31. The molecule has 3 aromatic rings. The van der Waals surface area contributed by atoms with Crippen LogP contribution in [0, 0.1) is 0 Å². The predicted molar refractivity (Wildman–Crippen MR) is 108 cm³/mol. The van der Waals surface area contributed by atoms with E-state index in [4.69, 9.17) is 16.3 Å². The van der Waals surface area contributed by atoms with Crippen molar-refractivity contribution in [3.05, 3.63) is 70.7 Å². The number of methoxy groups -OCH3 is 1. The molecule has 0 radical (unpaired) electrons. The zero-order chi connectivity index (χ0) is 19.5. The molecule has 2 atom stereocenters. The Labute approximate surface area is 167 Å². The Morgan fingerprint density at radius 2 is 1.96 bits per heavy atom. The molecule has 1 aliphatic rings. The number of hydrogen-bond acceptors (Lipinski definition) is 5. The molecule has 0 aliphatic carbocycles. The zero-order valence-corrected chi connectivity index (χ0v) is 16.1. The van der Waals surface area contributed by atoms with Gasteiger partial charge in [-0.25, -0.2) is 4.68 Å². The number of hydrogen-bond donors (Lipinski definition) is 2. The fraction of sp³-hybridized carbons (Fsp3) is 0.250. The van der Waals surface area contributed by atoms with Gasteiger partial charge in [0.15, 0.2) is 0 Å². The van der Waals surface area contributed by atoms with Crippen molar-refractivity contribution in [3.63, 3.8) is 0 Å². The summed E-state index contributed by atoms with van der Waals surface area (Å²) >= 11 is 6.04. The molecule has 2 N–H and O–H groups in total. The Kier molecular flexibility index (Phi) is 5.27. The summed E-state index contributed by atoms with van der Waals surface area (Å²) in [5.41, 5.74) is 2.24. The molecule has 1 aromatic heterocycles. The standard InChI is InChI=1S/C20H20ClN5O2/c1-28-12-18(27)23-19-24-20-22-16(13-7-9-15(21)10-8-13)11-17(26(20)25-19)14-5-3-2-4-6-14/h2-10,16-17H,11-12H2,1H3,(H2,22,23,24,25,27)/t16-,17+/m1/s1. The fourth-order valence-corrected chi connectivity index (χ4v) is 3.51. The van der Waals surface area contributed by atoms with Gasteiger partial charge in [0.2, 0.25) is 5.95 Å². The van der Waals surface area contributed by atoms with Crippen LogP contribution >= 0.6 is 11.6 Å². The minimum atomic E-state index is -0.295. The van der Waals surface area contributed by atoms with Crippen molar-refractivity contribution in [2.45, 2.75) is 18.5 Å². The van der Waals surface area contributed by atoms with Crippen LogP contribution in [0.2, 0.25) is 5.02 Å². The average molecular weight is 398 g/mol. The number of halogens is 1. The number of benzene rings is 2. The van der Waals surface area contributed by atoms with Crippen LogP contribution in [-0.4, -0.2) is 34.4 Å². The third-order valence-corrected chi connectivity index (χ3v) is 4.92. The molecule has 1 amide bonds. The second-order valence-corrected chi connectivity index (χ2v) is 7.03. The molecule has 2 heterocycles. The highest BCUT2D eigenvalue weighted by Crippen LogP contribution is 2.38. The van der Waals surface area contributed by atoms with Crippen LogP contribution in [0.4, 0.5) is 11.9 Å². The fourth-order valence-electron chi connectivity index (χ4n) is 3.39. The van der Waals surface area contributed by atoms with E-state index in [0.717, 1.165) is 17.5 Å². The summed E-state index contributed by atoms with van der Waals surface area (Å²) in [5.74, 6) is 0.561. The third-order valence-electron chi connectivity index (χ3n) is 4.67. The number of aromatic nitrogens is 3. The molecule has 0 bridgehead atoms. The van der Waals surface area contributed by atoms with E-state index in [1.165, 1.54) is 7.11 Å². The molecule has 7 nitrogen and oxygen atoms in total. The maximum Gasteiger partial charge on any atom is 0.252 e. The Hall–Kier alpha value is -2.90. The van der Waals surface area contributed by atoms with E-state index in [2.05, 4.69) is 32.8 Å². The molecule has 0 saturated carbocycles. The lowest BCUT2D eigenvalue weighted by Gasteiger charge is -2.31. The number of fused-ring (bicyclic) bond motifs is 1. The molecule has 2 aromatic carbocycles. The maximum absolute atomic E-state index is 11.8. The van der Waals surface area contributed by atoms with Crippen LogP contribution in [0.5, 0.6) is 0 Å². The second kappa shape index (κ2) is 8.00. The van der Waals surface area contributed by atoms with Gasteiger partial charge in [-0.15, -0.1) is 5.10 Å². The second-order valence-electron chi connectivity index (χ2n) is 6.60. The highest BCUT2D eigenvalue weighted by atomic mass is 35.5. The van der Waals surface area contributed by atoms with Crippen LogP contribution in [-0.2, 0) is 9.53 Å². The normalized spacial score (nSPS) is 18.2. The number of anilines is 2. The van der Waals surface area contributed by atoms with Crippen molar-refractivity contribution in [2.75, 3.05) is 24.4 Å². The van der Waals surface area contributed by atoms with E-state index in [0.29, 0.717) is 11.0 Å². The van der Waals surface area contributed by atoms with Crippen molar-refractivity contribution >= 4 is 29.4 Å². The first kappa shape index (κ1) is 18.5. The number of amides is 1. The largest absolute Gasteiger partial charge is 0.375 e. The van der Waals surface area contributed by atoms with Gasteiger partial charge in [-0.05, 0) is 29.7 Å². The lowest BCUT2D eigenvalue weighted by molar-refractivity contribution is -0.119. The van der Waals surface area contributed by atoms with Gasteiger partial charge in [-0.2, -0.15) is 4.98 Å². The Morgan fingerprint density at radius 1 is 1.21 bits per heavy atom. The van der Waals surface area contributed by atoms with Gasteiger partial charge in [0.05, 0.1) is 12.1 Å². The van der Waals surface area contributed by atoms with Crippen molar-refractivity contribution in [3.8, 4) is 0 Å². The highest BCUT2D eigenvalue weighted by molar-refractivity contribution is 6.30. The van der Waals surface area contributed by atoms with E-state index in [9.17, 15) is 4.79 Å². The molecule has 1 aliphatic heterocycles. The molecule has 144 valence electrons. The lowest BCUT2D eigenvalue weighted by atomic mass is 9.93. The average Bonchev–Trinajstić information content (AvgIpc) is 3.10. The van der Waals surface area contributed by atoms with Crippen LogP contribution in [0.3, 0.4) is 0 Å². The zero-order valence-electron chi connectivity index (χ0n) is 15.3. The molecule has 8 heteroatoms. The number of rotatable bonds is 5. The first-order chi connectivity index (χ1) is 13.6. The molecule has 28 heavy (non-hydrogen) atoms. The Morgan fingerprint density at radius 3 is 2.68 bits per heavy atom. The minimum Gasteiger partial charge on any atom is -0.375 e. The van der Waals surface area contributed by atoms with E-state index in [-0.39, 0.29) is 30.5 Å². The molecule has 0 unspecified atom stereocenters. The van der Waals surface area contributed by atoms with Crippen LogP contribution in [0.25, 0.3) is 0 Å². The maximum atomic E-state index is 11.8. The summed E-state index contributed by atoms with van der Waals surface area (Å²) < 4.78 is 6.68. The summed E-state index contributed by atoms with van der Waals surface area (Å²) in [5, 5.41) is 11.3. The van der Waals surface area contributed by atoms with Gasteiger partial charge in [0.1, 0.15) is 6.61 Å². The number of carbonyl (C=O) groups is 1. The van der Waals surface area contributed by atoms with Crippen molar-refractivity contribution in [1.29, 1.82) is 0 Å². The first-order valence-corrected chi connectivity index (χ1v) is 9.34. The number of ether oxygens (including phenoxy) is 1. The summed E-state index contributed by atoms with van der Waals surface area (Å²) in [7, 11) is 1.47. The quantitative estimate of drug-likeness (QED) is 0.686. The number of nitrogens with one attached hydrogen (secondary N) is 2. The third kappa shape index (κ3) is 3.85. The molecular formula is C20H20ClN5O2. The van der Waals surface area contributed by atoms with Gasteiger partial charge < -0.3 is 10.1 Å². The molecule has 0 spiro atoms. The van der Waals surface area contributed by atoms with E-state index < -0.39 is 0 Å². The van der Waals surface area contributed by atoms with E-state index in [1.54, 1.807) is 0 Å². The van der Waals surface area contributed by atoms with Crippen LogP contribution in [0.15, 0.2) is 54.6 Å². The molecule has 4 rings (SSSR count). The summed E-state index contributed by atoms with van der Waals surface area (Å²) in [6.07, 6.45) is 0.785. The predicted octanol–water partition coefficient (Wildman–Crippen LogP) is 3.66. The summed E-state index contributed by atoms with van der Waals surface area (Å²) in [4.78, 5) is 16.3. The topological polar surface area (TPSA) is 81.1 Å². The van der Waals surface area contributed by atoms with E-state index in [1.807, 2.05) is 47.1 Å². The van der Waals surface area contributed by atoms with Crippen LogP contribution < -0.4 is 10.6 Å². The van der Waals surface area contributed by atoms with Gasteiger partial charge in [-0.3, -0.25) is 10.1 Å². The van der Waals surface area contributed by atoms with Crippen molar-refractivity contribution in [2.24, 2.45) is 0 Å². The van der Waals surface area contributed by atoms with Gasteiger partial charge >= 0.3 is 0 Å². The molecular weight excluding hydrogens is 378 g/mol. The SMILES string of the molecule is COCC(=O)Nc1nc2n(n1)[C@H](c1ccccc1)C[C@H](c1ccc(Cl)cc1)N2. The van der Waals surface area contributed by atoms with Gasteiger partial charge in [0, 0.05) is 12.1 Å². The minimum absolute atomic E-state index is 0.0151. The van der Waals surface area contributed by atoms with Gasteiger partial charge in [0.25, 0.3) is 11.9 Å². The lowest BCUT2D eigenvalue weighted by Crippen LogP contribution is -2.28. The number of nitrogens with zero attached hydrogens (tertiary/aromatic N) is 3. The molecule has 0 saturated heterocycles. The smallest absolute Gasteiger partial charge is 0.252 e. The molecule has 0 fully saturated rings. The number of carbonyl (C=O) groups excluding carboxylic acids is 1. The first-order valence-electron chi connectivity index (χ1n) is 8.96. The summed E-state index contributed by atoms with van der Waals surface area (Å²) in [6.45, 7) is -0.0488. The Balaban J connectivity index is 1.68. The van der Waals surface area contributed by atoms with Crippen molar-refractivity contribution < 1.29 is 9.53 Å². The van der Waals surface area contributed by atoms with Crippen LogP contribution in [0.1, 0.15) is 29.6 Å².